The largest absolute Gasteiger partial charge is 0.481 e. The number of nitrogens with zero attached hydrogens (tertiary/aromatic N) is 2. The van der Waals surface area contributed by atoms with Gasteiger partial charge in [0.2, 0.25) is 0 Å². The van der Waals surface area contributed by atoms with Gasteiger partial charge in [0.1, 0.15) is 5.52 Å². The molecule has 1 N–H and O–H groups in total. The number of ether oxygens (including phenoxy) is 1. The Morgan fingerprint density at radius 2 is 2.25 bits per heavy atom. The van der Waals surface area contributed by atoms with Crippen molar-refractivity contribution < 1.29 is 23.8 Å². The number of fused-ring (bicyclic) bond motifs is 2. The third-order valence-electron chi connectivity index (χ3n) is 5.14. The Kier molecular flexibility index (Phi) is 3.35. The minimum absolute atomic E-state index is 0.183. The van der Waals surface area contributed by atoms with Gasteiger partial charge < -0.3 is 19.2 Å². The monoisotopic (exact) mass is 330 g/mol. The molecule has 7 nitrogen and oxygen atoms in total. The van der Waals surface area contributed by atoms with Gasteiger partial charge in [-0.3, -0.25) is 9.59 Å². The van der Waals surface area contributed by atoms with E-state index >= 15 is 0 Å². The van der Waals surface area contributed by atoms with Crippen LogP contribution in [0.3, 0.4) is 0 Å². The Morgan fingerprint density at radius 3 is 3.00 bits per heavy atom. The Morgan fingerprint density at radius 1 is 1.42 bits per heavy atom. The molecule has 2 aliphatic rings. The molecule has 24 heavy (non-hydrogen) atoms. The first kappa shape index (κ1) is 15.1. The molecule has 0 spiro atoms. The van der Waals surface area contributed by atoms with Crippen LogP contribution in [0.15, 0.2) is 22.6 Å². The van der Waals surface area contributed by atoms with Crippen LogP contribution in [0.4, 0.5) is 0 Å². The van der Waals surface area contributed by atoms with Gasteiger partial charge in [0.05, 0.1) is 12.0 Å². The van der Waals surface area contributed by atoms with Gasteiger partial charge in [0.25, 0.3) is 5.91 Å². The zero-order valence-electron chi connectivity index (χ0n) is 13.3. The lowest BCUT2D eigenvalue weighted by molar-refractivity contribution is -0.157. The van der Waals surface area contributed by atoms with Crippen molar-refractivity contribution in [3.05, 3.63) is 29.7 Å². The van der Waals surface area contributed by atoms with E-state index in [0.29, 0.717) is 37.3 Å². The third-order valence-corrected chi connectivity index (χ3v) is 5.14. The van der Waals surface area contributed by atoms with Crippen LogP contribution in [0, 0.1) is 18.3 Å². The molecule has 0 unspecified atom stereocenters. The molecule has 0 radical (unpaired) electrons. The summed E-state index contributed by atoms with van der Waals surface area (Å²) in [6.07, 6.45) is 0.428. The smallest absolute Gasteiger partial charge is 0.311 e. The van der Waals surface area contributed by atoms with E-state index in [-0.39, 0.29) is 24.1 Å². The van der Waals surface area contributed by atoms with Gasteiger partial charge in [-0.25, -0.2) is 4.98 Å². The summed E-state index contributed by atoms with van der Waals surface area (Å²) >= 11 is 0. The van der Waals surface area contributed by atoms with Crippen molar-refractivity contribution in [1.29, 1.82) is 0 Å². The number of hydrogen-bond acceptors (Lipinski definition) is 5. The highest BCUT2D eigenvalue weighted by Crippen LogP contribution is 2.43. The van der Waals surface area contributed by atoms with E-state index in [4.69, 9.17) is 9.15 Å². The predicted octanol–water partition coefficient (Wildman–Crippen LogP) is 1.70. The van der Waals surface area contributed by atoms with Crippen LogP contribution in [0.5, 0.6) is 0 Å². The Hall–Kier alpha value is -2.41. The third kappa shape index (κ3) is 2.19. The van der Waals surface area contributed by atoms with Gasteiger partial charge in [0.15, 0.2) is 11.3 Å². The predicted molar refractivity (Wildman–Crippen MR) is 83.6 cm³/mol. The molecule has 2 atom stereocenters. The second-order valence-electron chi connectivity index (χ2n) is 6.62. The van der Waals surface area contributed by atoms with Crippen LogP contribution in [0.1, 0.15) is 22.7 Å². The van der Waals surface area contributed by atoms with Crippen molar-refractivity contribution in [2.45, 2.75) is 13.3 Å². The number of hydrogen-bond donors (Lipinski definition) is 1. The van der Waals surface area contributed by atoms with Gasteiger partial charge in [-0.15, -0.1) is 0 Å². The molecule has 7 heteroatoms. The van der Waals surface area contributed by atoms with Crippen LogP contribution in [-0.4, -0.2) is 53.2 Å². The molecule has 2 saturated heterocycles. The first-order valence-corrected chi connectivity index (χ1v) is 7.97. The first-order chi connectivity index (χ1) is 11.5. The summed E-state index contributed by atoms with van der Waals surface area (Å²) in [5, 5.41) is 9.69. The summed E-state index contributed by atoms with van der Waals surface area (Å²) in [6, 6.07) is 5.22. The van der Waals surface area contributed by atoms with Crippen LogP contribution < -0.4 is 0 Å². The lowest BCUT2D eigenvalue weighted by atomic mass is 9.74. The van der Waals surface area contributed by atoms with Gasteiger partial charge in [-0.05, 0) is 25.5 Å². The highest BCUT2D eigenvalue weighted by molar-refractivity contribution is 5.96. The minimum atomic E-state index is -0.908. The van der Waals surface area contributed by atoms with Gasteiger partial charge in [0, 0.05) is 37.4 Å². The van der Waals surface area contributed by atoms with E-state index in [9.17, 15) is 14.7 Å². The number of amides is 1. The number of carbonyl (C=O) groups is 2. The molecule has 2 aliphatic heterocycles. The molecule has 0 aliphatic carbocycles. The van der Waals surface area contributed by atoms with Gasteiger partial charge in [-0.2, -0.15) is 0 Å². The number of furan rings is 1. The molecule has 2 fully saturated rings. The van der Waals surface area contributed by atoms with E-state index in [1.807, 2.05) is 13.0 Å². The highest BCUT2D eigenvalue weighted by atomic mass is 16.5. The molecule has 2 aromatic heterocycles. The van der Waals surface area contributed by atoms with Crippen molar-refractivity contribution in [1.82, 2.24) is 9.88 Å². The number of aliphatic carboxylic acids is 1. The second-order valence-corrected chi connectivity index (χ2v) is 6.62. The molecule has 2 aromatic rings. The molecule has 4 heterocycles. The first-order valence-electron chi connectivity index (χ1n) is 7.97. The van der Waals surface area contributed by atoms with E-state index in [1.165, 1.54) is 0 Å². The number of carboxylic acids is 1. The fourth-order valence-electron chi connectivity index (χ4n) is 3.74. The minimum Gasteiger partial charge on any atom is -0.481 e. The van der Waals surface area contributed by atoms with Crippen LogP contribution in [-0.2, 0) is 9.53 Å². The Balaban J connectivity index is 1.63. The molecule has 0 saturated carbocycles. The average molecular weight is 330 g/mol. The number of pyridine rings is 1. The van der Waals surface area contributed by atoms with Crippen molar-refractivity contribution >= 4 is 23.0 Å². The van der Waals surface area contributed by atoms with Crippen molar-refractivity contribution in [3.63, 3.8) is 0 Å². The maximum atomic E-state index is 12.8. The molecular weight excluding hydrogens is 312 g/mol. The number of carboxylic acid groups (broad SMARTS) is 1. The molecular formula is C17H18N2O5. The van der Waals surface area contributed by atoms with Gasteiger partial charge >= 0.3 is 5.97 Å². The number of aryl methyl sites for hydroxylation is 1. The number of likely N-dealkylation sites (tertiary alicyclic amines) is 1. The summed E-state index contributed by atoms with van der Waals surface area (Å²) in [5.74, 6) is -1.13. The lowest BCUT2D eigenvalue weighted by Crippen LogP contribution is -2.45. The summed E-state index contributed by atoms with van der Waals surface area (Å²) in [5.41, 5.74) is 1.12. The van der Waals surface area contributed by atoms with E-state index in [1.54, 1.807) is 17.0 Å². The normalized spacial score (nSPS) is 26.5. The van der Waals surface area contributed by atoms with Crippen molar-refractivity contribution in [2.24, 2.45) is 11.3 Å². The van der Waals surface area contributed by atoms with Crippen LogP contribution in [0.2, 0.25) is 0 Å². The lowest BCUT2D eigenvalue weighted by Gasteiger charge is -2.33. The molecule has 126 valence electrons. The maximum absolute atomic E-state index is 12.8. The maximum Gasteiger partial charge on any atom is 0.311 e. The fraction of sp³-hybridized carbons (Fsp3) is 0.471. The number of rotatable bonds is 2. The SMILES string of the molecule is Cc1ccc2oc(C(=O)N3C[C@H]4COCC[C@@]4(C(=O)O)C3)cc2n1. The van der Waals surface area contributed by atoms with Crippen molar-refractivity contribution in [3.8, 4) is 0 Å². The van der Waals surface area contributed by atoms with Crippen LogP contribution >= 0.6 is 0 Å². The quantitative estimate of drug-likeness (QED) is 0.901. The summed E-state index contributed by atoms with van der Waals surface area (Å²) < 4.78 is 11.0. The fourth-order valence-corrected chi connectivity index (χ4v) is 3.74. The molecule has 1 amide bonds. The summed E-state index contributed by atoms with van der Waals surface area (Å²) in [4.78, 5) is 30.5. The van der Waals surface area contributed by atoms with E-state index in [2.05, 4.69) is 4.98 Å². The number of carbonyl (C=O) groups excluding carboxylic acids is 1. The second kappa shape index (κ2) is 5.31. The Bertz CT molecular complexity index is 829. The molecule has 4 rings (SSSR count). The zero-order valence-corrected chi connectivity index (χ0v) is 13.3. The van der Waals surface area contributed by atoms with Crippen molar-refractivity contribution in [2.75, 3.05) is 26.3 Å². The average Bonchev–Trinajstić information content (AvgIpc) is 3.15. The standard InChI is InChI=1S/C17H18N2O5/c1-10-2-3-13-12(18-10)6-14(24-13)15(20)19-7-11-8-23-5-4-17(11,9-19)16(21)22/h2-3,6,11H,4-5,7-9H2,1H3,(H,21,22)/t11-,17+/m0/s1. The summed E-state index contributed by atoms with van der Waals surface area (Å²) in [6.45, 7) is 3.22. The summed E-state index contributed by atoms with van der Waals surface area (Å²) in [7, 11) is 0. The zero-order chi connectivity index (χ0) is 16.9. The van der Waals surface area contributed by atoms with Crippen LogP contribution in [0.25, 0.3) is 11.1 Å². The Labute approximate surface area is 138 Å². The topological polar surface area (TPSA) is 92.9 Å². The highest BCUT2D eigenvalue weighted by Gasteiger charge is 2.55. The van der Waals surface area contributed by atoms with E-state index < -0.39 is 11.4 Å². The molecule has 0 bridgehead atoms. The molecule has 0 aromatic carbocycles. The van der Waals surface area contributed by atoms with E-state index in [0.717, 1.165) is 5.69 Å². The van der Waals surface area contributed by atoms with Gasteiger partial charge in [-0.1, -0.05) is 0 Å². The number of aromatic nitrogens is 1.